The van der Waals surface area contributed by atoms with Crippen LogP contribution >= 0.6 is 0 Å². The fraction of sp³-hybridized carbons (Fsp3) is 0.286. The smallest absolute Gasteiger partial charge is 1.00 e. The molecule has 0 aromatic heterocycles. The van der Waals surface area contributed by atoms with E-state index < -0.39 is 8.07 Å². The van der Waals surface area contributed by atoms with Crippen LogP contribution in [0.1, 0.15) is 13.3 Å². The van der Waals surface area contributed by atoms with E-state index in [1.165, 1.54) is 6.04 Å². The van der Waals surface area contributed by atoms with E-state index in [-0.39, 0.29) is 37.2 Å². The molecule has 0 heterocycles. The van der Waals surface area contributed by atoms with E-state index >= 15 is 0 Å². The van der Waals surface area contributed by atoms with Crippen molar-refractivity contribution in [1.82, 2.24) is 0 Å². The van der Waals surface area contributed by atoms with Crippen molar-refractivity contribution in [3.05, 3.63) is 51.6 Å². The van der Waals surface area contributed by atoms with Gasteiger partial charge in [-0.1, -0.05) is 0 Å². The summed E-state index contributed by atoms with van der Waals surface area (Å²) >= 11 is 2.29. The molecule has 19 heavy (non-hydrogen) atoms. The van der Waals surface area contributed by atoms with E-state index in [4.69, 9.17) is 0 Å². The third-order valence-corrected chi connectivity index (χ3v) is 9.45. The van der Waals surface area contributed by atoms with Gasteiger partial charge in [-0.25, -0.2) is 0 Å². The van der Waals surface area contributed by atoms with Crippen LogP contribution in [0.3, 0.4) is 0 Å². The third-order valence-electron chi connectivity index (χ3n) is 3.64. The molecular weight excluding hydrogens is 350 g/mol. The van der Waals surface area contributed by atoms with Gasteiger partial charge in [-0.15, -0.1) is 0 Å². The second-order valence-corrected chi connectivity index (χ2v) is 9.98. The van der Waals surface area contributed by atoms with E-state index in [0.29, 0.717) is 0 Å². The van der Waals surface area contributed by atoms with Gasteiger partial charge in [-0.2, -0.15) is 0 Å². The van der Waals surface area contributed by atoms with Gasteiger partial charge in [0.05, 0.1) is 0 Å². The Morgan fingerprint density at radius 3 is 2.11 bits per heavy atom. The zero-order chi connectivity index (χ0) is 11.6. The van der Waals surface area contributed by atoms with Crippen LogP contribution < -0.4 is 42.4 Å². The topological polar surface area (TPSA) is 0 Å². The first kappa shape index (κ1) is 21.8. The van der Waals surface area contributed by atoms with Gasteiger partial charge in [0.1, 0.15) is 0 Å². The summed E-state index contributed by atoms with van der Waals surface area (Å²) in [6.45, 7) is 4.84. The fourth-order valence-corrected chi connectivity index (χ4v) is 7.27. The minimum atomic E-state index is -1.44. The van der Waals surface area contributed by atoms with Crippen molar-refractivity contribution in [2.24, 2.45) is 0 Å². The summed E-state index contributed by atoms with van der Waals surface area (Å²) in [6.07, 6.45) is 5.84. The molecule has 1 aromatic carbocycles. The van der Waals surface area contributed by atoms with Crippen molar-refractivity contribution >= 4 is 13.3 Å². The van der Waals surface area contributed by atoms with Crippen molar-refractivity contribution in [1.29, 1.82) is 0 Å². The summed E-state index contributed by atoms with van der Waals surface area (Å²) in [5.41, 5.74) is 0. The molecule has 0 nitrogen and oxygen atoms in total. The molecule has 1 aliphatic carbocycles. The zero-order valence-electron chi connectivity index (χ0n) is 11.1. The largest absolute Gasteiger partial charge is 1.00 e. The maximum absolute atomic E-state index is 2.50. The molecule has 1 aliphatic rings. The molecule has 0 bridgehead atoms. The van der Waals surface area contributed by atoms with Gasteiger partial charge >= 0.3 is 111 Å². The van der Waals surface area contributed by atoms with E-state index in [1.54, 1.807) is 14.3 Å². The van der Waals surface area contributed by atoms with Crippen molar-refractivity contribution in [2.45, 2.75) is 25.9 Å². The van der Waals surface area contributed by atoms with E-state index in [0.717, 1.165) is 6.42 Å². The van der Waals surface area contributed by atoms with Crippen molar-refractivity contribution in [3.63, 3.8) is 0 Å². The van der Waals surface area contributed by atoms with Crippen LogP contribution in [0.4, 0.5) is 0 Å². The van der Waals surface area contributed by atoms with Crippen molar-refractivity contribution in [3.8, 4) is 0 Å². The first-order chi connectivity index (χ1) is 7.68. The summed E-state index contributed by atoms with van der Waals surface area (Å²) in [7, 11) is -1.44. The molecule has 1 unspecified atom stereocenters. The predicted octanol–water partition coefficient (Wildman–Crippen LogP) is -5.70. The van der Waals surface area contributed by atoms with Crippen molar-refractivity contribution < 1.29 is 57.7 Å². The normalized spacial score (nSPS) is 16.0. The van der Waals surface area contributed by atoms with E-state index in [9.17, 15) is 0 Å². The van der Waals surface area contributed by atoms with E-state index in [1.807, 2.05) is 0 Å². The number of hydrogen-bond donors (Lipinski definition) is 0. The molecule has 0 N–H and O–H groups in total. The predicted molar refractivity (Wildman–Crippen MR) is 69.0 cm³/mol. The standard InChI is InChI=1S/C14H17Si.3ClH.Ti/c1-3-15(2,14-11-7-8-12-14)13-9-5-4-6-10-13;;;;/h4-7,9-11H,3,8H2,1-2H3;3*1H;/q;;;;+3/p-3. The Bertz CT molecular complexity index is 445. The molecule has 1 atom stereocenters. The molecule has 102 valence electrons. The van der Waals surface area contributed by atoms with Crippen LogP contribution in [-0.4, -0.2) is 8.07 Å². The molecule has 2 rings (SSSR count). The maximum Gasteiger partial charge on any atom is -1.00 e. The Hall–Kier alpha value is 0.501. The summed E-state index contributed by atoms with van der Waals surface area (Å²) in [5, 5.41) is 3.22. The first-order valence-electron chi connectivity index (χ1n) is 5.86. The molecule has 0 spiro atoms. The molecule has 0 aliphatic heterocycles. The molecule has 0 fully saturated rings. The number of rotatable bonds is 3. The van der Waals surface area contributed by atoms with Crippen LogP contribution in [0, 0.1) is 0 Å². The monoisotopic (exact) mass is 366 g/mol. The van der Waals surface area contributed by atoms with Gasteiger partial charge in [0.15, 0.2) is 0 Å². The van der Waals surface area contributed by atoms with Crippen LogP contribution in [0.15, 0.2) is 51.6 Å². The Balaban J connectivity index is 0. The molecule has 5 heteroatoms. The second-order valence-electron chi connectivity index (χ2n) is 4.55. The van der Waals surface area contributed by atoms with Crippen molar-refractivity contribution in [2.75, 3.05) is 0 Å². The van der Waals surface area contributed by atoms with Crippen LogP contribution in [0.25, 0.3) is 0 Å². The van der Waals surface area contributed by atoms with Crippen LogP contribution in [0.2, 0.25) is 12.6 Å². The Labute approximate surface area is 147 Å². The molecule has 1 aromatic rings. The minimum Gasteiger partial charge on any atom is -1.00 e. The van der Waals surface area contributed by atoms with Gasteiger partial charge in [-0.05, 0) is 0 Å². The SMILES string of the molecule is CC[Si](C)(C1=[C]([Ti+3])CC=C1)c1ccccc1.[Cl-].[Cl-].[Cl-]. The second kappa shape index (κ2) is 9.44. The Morgan fingerprint density at radius 2 is 1.68 bits per heavy atom. The summed E-state index contributed by atoms with van der Waals surface area (Å²) < 4.78 is 1.58. The third kappa shape index (κ3) is 4.49. The first-order valence-corrected chi connectivity index (χ1v) is 9.34. The van der Waals surface area contributed by atoms with Gasteiger partial charge < -0.3 is 37.2 Å². The molecule has 0 saturated heterocycles. The summed E-state index contributed by atoms with van der Waals surface area (Å²) in [4.78, 5) is 0. The average molecular weight is 368 g/mol. The molecule has 0 amide bonds. The Kier molecular flexibility index (Phi) is 10.8. The number of allylic oxidation sites excluding steroid dienone is 4. The molecule has 0 saturated carbocycles. The Morgan fingerprint density at radius 1 is 1.11 bits per heavy atom. The minimum absolute atomic E-state index is 0. The summed E-state index contributed by atoms with van der Waals surface area (Å²) in [5.74, 6) is 0. The van der Waals surface area contributed by atoms with E-state index in [2.05, 4.69) is 76.4 Å². The molecule has 0 radical (unpaired) electrons. The van der Waals surface area contributed by atoms with Crippen LogP contribution in [-0.2, 0) is 20.4 Å². The van der Waals surface area contributed by atoms with Gasteiger partial charge in [0, 0.05) is 0 Å². The number of benzene rings is 1. The maximum atomic E-state index is 2.50. The van der Waals surface area contributed by atoms with Gasteiger partial charge in [-0.3, -0.25) is 0 Å². The number of hydrogen-bond acceptors (Lipinski definition) is 0. The van der Waals surface area contributed by atoms with Gasteiger partial charge in [0.25, 0.3) is 0 Å². The quantitative estimate of drug-likeness (QED) is 0.467. The van der Waals surface area contributed by atoms with Gasteiger partial charge in [0.2, 0.25) is 0 Å². The number of halogens is 3. The average Bonchev–Trinajstić information content (AvgIpc) is 2.76. The van der Waals surface area contributed by atoms with Crippen LogP contribution in [0.5, 0.6) is 0 Å². The molecular formula is C14H17Cl3SiTi. The summed E-state index contributed by atoms with van der Waals surface area (Å²) in [6, 6.07) is 12.4. The zero-order valence-corrected chi connectivity index (χ0v) is 15.9. The fourth-order valence-electron chi connectivity index (χ4n) is 2.38.